The van der Waals surface area contributed by atoms with Crippen LogP contribution in [-0.2, 0) is 4.79 Å². The second-order valence-electron chi connectivity index (χ2n) is 12.1. The normalized spacial score (nSPS) is 23.8. The maximum absolute atomic E-state index is 14.0. The summed E-state index contributed by atoms with van der Waals surface area (Å²) in [5.74, 6) is 1.04. The van der Waals surface area contributed by atoms with Crippen molar-refractivity contribution in [2.75, 3.05) is 17.3 Å². The first-order valence-electron chi connectivity index (χ1n) is 13.8. The molecule has 4 aromatic rings. The van der Waals surface area contributed by atoms with Crippen LogP contribution in [0.15, 0.2) is 78.0 Å². The van der Waals surface area contributed by atoms with Gasteiger partial charge >= 0.3 is 0 Å². The van der Waals surface area contributed by atoms with Gasteiger partial charge in [-0.15, -0.1) is 0 Å². The van der Waals surface area contributed by atoms with Gasteiger partial charge in [0.15, 0.2) is 5.78 Å². The summed E-state index contributed by atoms with van der Waals surface area (Å²) in [6, 6.07) is 21.2. The molecule has 0 amide bonds. The molecule has 7 rings (SSSR count). The van der Waals surface area contributed by atoms with Gasteiger partial charge in [0.05, 0.1) is 17.1 Å². The Morgan fingerprint density at radius 3 is 2.54 bits per heavy atom. The van der Waals surface area contributed by atoms with Crippen molar-refractivity contribution < 1.29 is 9.18 Å². The SMILES string of the molecule is C[C@@H]1CC(C)(C)N(C)c2ccc([C@H]3C4=C(C[C@H](c5ccc(F)cc5)CC4=O)Nc4nc5ccccc5n43)cc21. The lowest BCUT2D eigenvalue weighted by molar-refractivity contribution is -0.116. The Morgan fingerprint density at radius 1 is 1.00 bits per heavy atom. The first kappa shape index (κ1) is 24.1. The maximum atomic E-state index is 14.0. The number of allylic oxidation sites excluding steroid dienone is 2. The summed E-state index contributed by atoms with van der Waals surface area (Å²) in [6.45, 7) is 6.90. The highest BCUT2D eigenvalue weighted by Gasteiger charge is 2.41. The van der Waals surface area contributed by atoms with Gasteiger partial charge in [-0.2, -0.15) is 0 Å². The second kappa shape index (κ2) is 8.54. The van der Waals surface area contributed by atoms with Crippen LogP contribution >= 0.6 is 0 Å². The van der Waals surface area contributed by atoms with Crippen LogP contribution in [0.5, 0.6) is 0 Å². The second-order valence-corrected chi connectivity index (χ2v) is 12.1. The predicted molar refractivity (Wildman–Crippen MR) is 154 cm³/mol. The molecule has 1 N–H and O–H groups in total. The average Bonchev–Trinajstić information content (AvgIpc) is 3.28. The molecule has 0 saturated carbocycles. The van der Waals surface area contributed by atoms with Gasteiger partial charge in [-0.1, -0.05) is 43.3 Å². The molecule has 3 atom stereocenters. The van der Waals surface area contributed by atoms with E-state index in [1.807, 2.05) is 18.2 Å². The number of carbonyl (C=O) groups is 1. The highest BCUT2D eigenvalue weighted by atomic mass is 19.1. The Labute approximate surface area is 228 Å². The Bertz CT molecular complexity index is 1670. The largest absolute Gasteiger partial charge is 0.369 e. The zero-order chi connectivity index (χ0) is 27.1. The fourth-order valence-electron chi connectivity index (χ4n) is 7.08. The number of para-hydroxylation sites is 2. The van der Waals surface area contributed by atoms with E-state index >= 15 is 0 Å². The number of nitrogens with one attached hydrogen (secondary N) is 1. The zero-order valence-corrected chi connectivity index (χ0v) is 22.8. The minimum atomic E-state index is -0.263. The van der Waals surface area contributed by atoms with Crippen molar-refractivity contribution in [2.45, 2.75) is 63.5 Å². The number of hydrogen-bond donors (Lipinski definition) is 1. The van der Waals surface area contributed by atoms with Crippen molar-refractivity contribution in [2.24, 2.45) is 0 Å². The summed E-state index contributed by atoms with van der Waals surface area (Å²) >= 11 is 0. The van der Waals surface area contributed by atoms with Gasteiger partial charge in [-0.25, -0.2) is 9.37 Å². The molecular weight excluding hydrogens is 487 g/mol. The maximum Gasteiger partial charge on any atom is 0.209 e. The molecule has 0 spiro atoms. The number of nitrogens with zero attached hydrogens (tertiary/aromatic N) is 3. The van der Waals surface area contributed by atoms with Crippen LogP contribution < -0.4 is 10.2 Å². The number of benzene rings is 3. The van der Waals surface area contributed by atoms with Crippen LogP contribution in [0.25, 0.3) is 11.0 Å². The minimum absolute atomic E-state index is 0.000338. The smallest absolute Gasteiger partial charge is 0.209 e. The molecule has 0 fully saturated rings. The summed E-state index contributed by atoms with van der Waals surface area (Å²) in [5.41, 5.74) is 8.43. The van der Waals surface area contributed by atoms with Crippen molar-refractivity contribution in [3.05, 3.63) is 101 Å². The number of rotatable bonds is 2. The van der Waals surface area contributed by atoms with Crippen molar-refractivity contribution in [1.29, 1.82) is 0 Å². The summed E-state index contributed by atoms with van der Waals surface area (Å²) < 4.78 is 15.8. The number of fused-ring (bicyclic) bond motifs is 4. The third-order valence-electron chi connectivity index (χ3n) is 9.21. The van der Waals surface area contributed by atoms with E-state index in [-0.39, 0.29) is 29.1 Å². The van der Waals surface area contributed by atoms with E-state index in [0.29, 0.717) is 18.8 Å². The third kappa shape index (κ3) is 3.72. The first-order chi connectivity index (χ1) is 18.7. The molecular formula is C33H33FN4O. The highest BCUT2D eigenvalue weighted by molar-refractivity contribution is 6.01. The molecule has 3 heterocycles. The number of imidazole rings is 1. The van der Waals surface area contributed by atoms with E-state index in [4.69, 9.17) is 4.98 Å². The molecule has 198 valence electrons. The molecule has 0 saturated heterocycles. The number of carbonyl (C=O) groups excluding carboxylic acids is 1. The topological polar surface area (TPSA) is 50.2 Å². The monoisotopic (exact) mass is 520 g/mol. The first-order valence-corrected chi connectivity index (χ1v) is 13.8. The van der Waals surface area contributed by atoms with E-state index in [0.717, 1.165) is 45.8 Å². The van der Waals surface area contributed by atoms with Gasteiger partial charge in [0.2, 0.25) is 5.95 Å². The number of halogens is 1. The molecule has 6 heteroatoms. The van der Waals surface area contributed by atoms with Crippen LogP contribution in [0.3, 0.4) is 0 Å². The Balaban J connectivity index is 1.39. The Hall–Kier alpha value is -3.93. The number of aromatic nitrogens is 2. The number of hydrogen-bond acceptors (Lipinski definition) is 4. The van der Waals surface area contributed by atoms with E-state index in [1.165, 1.54) is 23.4 Å². The van der Waals surface area contributed by atoms with Crippen LogP contribution in [0.4, 0.5) is 16.0 Å². The number of ketones is 1. The molecule has 1 aliphatic carbocycles. The molecule has 5 nitrogen and oxygen atoms in total. The lowest BCUT2D eigenvalue weighted by Gasteiger charge is -2.46. The molecule has 0 radical (unpaired) electrons. The van der Waals surface area contributed by atoms with Gasteiger partial charge in [-0.3, -0.25) is 9.36 Å². The lowest BCUT2D eigenvalue weighted by atomic mass is 9.76. The molecule has 39 heavy (non-hydrogen) atoms. The van der Waals surface area contributed by atoms with Gasteiger partial charge in [0, 0.05) is 36.0 Å². The van der Waals surface area contributed by atoms with Crippen LogP contribution in [0.1, 0.15) is 74.6 Å². The molecule has 2 aliphatic heterocycles. The Kier molecular flexibility index (Phi) is 5.28. The standard InChI is InChI=1S/C33H33FN4O/c1-19-18-33(2,3)37(4)27-14-11-21(15-24(19)27)31-30-26(36-32-35-25-7-5-6-8-28(25)38(31)32)16-22(17-29(30)39)20-9-12-23(34)13-10-20/h5-15,19,22,31H,16-18H2,1-4H3,(H,35,36)/t19-,22+,31+/m1/s1. The van der Waals surface area contributed by atoms with Gasteiger partial charge in [0.25, 0.3) is 0 Å². The van der Waals surface area contributed by atoms with E-state index < -0.39 is 0 Å². The predicted octanol–water partition coefficient (Wildman–Crippen LogP) is 7.31. The zero-order valence-electron chi connectivity index (χ0n) is 22.8. The lowest BCUT2D eigenvalue weighted by Crippen LogP contribution is -2.45. The van der Waals surface area contributed by atoms with Crippen molar-refractivity contribution in [3.63, 3.8) is 0 Å². The fraction of sp³-hybridized carbons (Fsp3) is 0.333. The quantitative estimate of drug-likeness (QED) is 0.301. The van der Waals surface area contributed by atoms with Gasteiger partial charge < -0.3 is 10.2 Å². The average molecular weight is 521 g/mol. The summed E-state index contributed by atoms with van der Waals surface area (Å²) in [4.78, 5) is 21.3. The molecule has 0 unspecified atom stereocenters. The summed E-state index contributed by atoms with van der Waals surface area (Å²) in [5, 5.41) is 3.55. The fourth-order valence-corrected chi connectivity index (χ4v) is 7.08. The van der Waals surface area contributed by atoms with Gasteiger partial charge in [0.1, 0.15) is 5.82 Å². The van der Waals surface area contributed by atoms with Crippen molar-refractivity contribution in [1.82, 2.24) is 9.55 Å². The summed E-state index contributed by atoms with van der Waals surface area (Å²) in [6.07, 6.45) is 2.16. The van der Waals surface area contributed by atoms with E-state index in [2.05, 4.69) is 66.9 Å². The van der Waals surface area contributed by atoms with Gasteiger partial charge in [-0.05, 0) is 85.5 Å². The van der Waals surface area contributed by atoms with Crippen LogP contribution in [0.2, 0.25) is 0 Å². The molecule has 3 aliphatic rings. The molecule has 1 aromatic heterocycles. The molecule has 0 bridgehead atoms. The van der Waals surface area contributed by atoms with Crippen LogP contribution in [-0.4, -0.2) is 27.9 Å². The Morgan fingerprint density at radius 2 is 1.74 bits per heavy atom. The third-order valence-corrected chi connectivity index (χ3v) is 9.21. The van der Waals surface area contributed by atoms with Crippen molar-refractivity contribution in [3.8, 4) is 0 Å². The summed E-state index contributed by atoms with van der Waals surface area (Å²) in [7, 11) is 2.18. The van der Waals surface area contributed by atoms with Crippen LogP contribution in [0, 0.1) is 5.82 Å². The number of Topliss-reactive ketones (excluding diaryl/α,β-unsaturated/α-hetero) is 1. The molecule has 3 aromatic carbocycles. The van der Waals surface area contributed by atoms with E-state index in [9.17, 15) is 9.18 Å². The van der Waals surface area contributed by atoms with Crippen molar-refractivity contribution >= 4 is 28.5 Å². The number of anilines is 2. The minimum Gasteiger partial charge on any atom is -0.369 e. The van der Waals surface area contributed by atoms with E-state index in [1.54, 1.807) is 12.1 Å². The highest BCUT2D eigenvalue weighted by Crippen LogP contribution is 2.48.